The molecule has 3 heteroatoms. The molecule has 0 radical (unpaired) electrons. The van der Waals surface area contributed by atoms with Gasteiger partial charge in [-0.3, -0.25) is 0 Å². The first-order valence-electron chi connectivity index (χ1n) is 7.56. The lowest BCUT2D eigenvalue weighted by atomic mass is 9.89. The van der Waals surface area contributed by atoms with Gasteiger partial charge in [0, 0.05) is 6.04 Å². The van der Waals surface area contributed by atoms with Gasteiger partial charge in [0.1, 0.15) is 0 Å². The molecule has 3 N–H and O–H groups in total. The van der Waals surface area contributed by atoms with Crippen LogP contribution in [0.3, 0.4) is 0 Å². The fourth-order valence-electron chi connectivity index (χ4n) is 3.04. The minimum Gasteiger partial charge on any atom is -0.394 e. The number of hydrogen-bond acceptors (Lipinski definition) is 3. The summed E-state index contributed by atoms with van der Waals surface area (Å²) in [6, 6.07) is 0.452. The molecule has 2 atom stereocenters. The van der Waals surface area contributed by atoms with Crippen molar-refractivity contribution in [2.45, 2.75) is 70.9 Å². The van der Waals surface area contributed by atoms with Crippen LogP contribution in [0.4, 0.5) is 0 Å². The number of aliphatic hydroxyl groups excluding tert-OH is 2. The Bertz CT molecular complexity index is 218. The van der Waals surface area contributed by atoms with Crippen molar-refractivity contribution in [1.82, 2.24) is 5.32 Å². The van der Waals surface area contributed by atoms with Crippen molar-refractivity contribution < 1.29 is 10.2 Å². The fourth-order valence-corrected chi connectivity index (χ4v) is 3.04. The fraction of sp³-hybridized carbons (Fsp3) is 1.00. The Labute approximate surface area is 112 Å². The average Bonchev–Trinajstić information content (AvgIpc) is 2.61. The molecule has 1 fully saturated rings. The monoisotopic (exact) mass is 257 g/mol. The van der Waals surface area contributed by atoms with Gasteiger partial charge in [0.05, 0.1) is 18.8 Å². The molecule has 3 nitrogen and oxygen atoms in total. The molecule has 1 aliphatic rings. The zero-order valence-corrected chi connectivity index (χ0v) is 12.3. The van der Waals surface area contributed by atoms with Crippen LogP contribution in [0.2, 0.25) is 0 Å². The van der Waals surface area contributed by atoms with Gasteiger partial charge in [-0.15, -0.1) is 0 Å². The maximum atomic E-state index is 9.50. The Balaban J connectivity index is 2.52. The van der Waals surface area contributed by atoms with E-state index in [1.165, 1.54) is 32.1 Å². The van der Waals surface area contributed by atoms with E-state index in [9.17, 15) is 10.2 Å². The van der Waals surface area contributed by atoms with Gasteiger partial charge < -0.3 is 15.5 Å². The number of rotatable bonds is 6. The molecule has 0 spiro atoms. The molecule has 0 bridgehead atoms. The average molecular weight is 257 g/mol. The number of aliphatic hydroxyl groups is 2. The Kier molecular flexibility index (Phi) is 6.61. The largest absolute Gasteiger partial charge is 0.394 e. The molecule has 0 aliphatic heterocycles. The molecule has 18 heavy (non-hydrogen) atoms. The SMILES string of the molecule is CCC(CO)(CO)NC1CCCC(C(C)C)CC1. The Morgan fingerprint density at radius 2 is 1.78 bits per heavy atom. The molecule has 0 aromatic rings. The summed E-state index contributed by atoms with van der Waals surface area (Å²) in [7, 11) is 0. The molecule has 0 saturated heterocycles. The molecular weight excluding hydrogens is 226 g/mol. The molecule has 1 saturated carbocycles. The summed E-state index contributed by atoms with van der Waals surface area (Å²) in [5.41, 5.74) is -0.484. The molecule has 0 aromatic carbocycles. The van der Waals surface area contributed by atoms with Gasteiger partial charge in [0.25, 0.3) is 0 Å². The molecule has 2 unspecified atom stereocenters. The van der Waals surface area contributed by atoms with Crippen LogP contribution < -0.4 is 5.32 Å². The van der Waals surface area contributed by atoms with Gasteiger partial charge in [0.2, 0.25) is 0 Å². The topological polar surface area (TPSA) is 52.5 Å². The van der Waals surface area contributed by atoms with Crippen molar-refractivity contribution in [3.8, 4) is 0 Å². The van der Waals surface area contributed by atoms with E-state index >= 15 is 0 Å². The smallest absolute Gasteiger partial charge is 0.0647 e. The number of nitrogens with one attached hydrogen (secondary N) is 1. The maximum Gasteiger partial charge on any atom is 0.0647 e. The lowest BCUT2D eigenvalue weighted by Crippen LogP contribution is -2.55. The Morgan fingerprint density at radius 1 is 1.11 bits per heavy atom. The summed E-state index contributed by atoms with van der Waals surface area (Å²) in [4.78, 5) is 0. The van der Waals surface area contributed by atoms with Gasteiger partial charge >= 0.3 is 0 Å². The lowest BCUT2D eigenvalue weighted by Gasteiger charge is -2.34. The number of hydrogen-bond donors (Lipinski definition) is 3. The second-order valence-corrected chi connectivity index (χ2v) is 6.30. The van der Waals surface area contributed by atoms with Crippen molar-refractivity contribution in [2.75, 3.05) is 13.2 Å². The normalized spacial score (nSPS) is 26.3. The van der Waals surface area contributed by atoms with Gasteiger partial charge in [-0.05, 0) is 37.5 Å². The standard InChI is InChI=1S/C15H31NO2/c1-4-15(10-17,11-18)16-14-7-5-6-13(8-9-14)12(2)3/h12-14,16-18H,4-11H2,1-3H3. The van der Waals surface area contributed by atoms with Gasteiger partial charge in [-0.1, -0.05) is 33.6 Å². The minimum absolute atomic E-state index is 0.0180. The van der Waals surface area contributed by atoms with Gasteiger partial charge in [-0.25, -0.2) is 0 Å². The van der Waals surface area contributed by atoms with Crippen molar-refractivity contribution in [2.24, 2.45) is 11.8 Å². The van der Waals surface area contributed by atoms with Crippen LogP contribution in [-0.2, 0) is 0 Å². The third-order valence-electron chi connectivity index (χ3n) is 4.75. The summed E-state index contributed by atoms with van der Waals surface area (Å²) in [6.07, 6.45) is 6.97. The first-order chi connectivity index (χ1) is 8.56. The van der Waals surface area contributed by atoms with Gasteiger partial charge in [-0.2, -0.15) is 0 Å². The van der Waals surface area contributed by atoms with Crippen LogP contribution >= 0.6 is 0 Å². The molecule has 1 aliphatic carbocycles. The summed E-state index contributed by atoms with van der Waals surface area (Å²) in [5, 5.41) is 22.5. The zero-order valence-electron chi connectivity index (χ0n) is 12.3. The maximum absolute atomic E-state index is 9.50. The highest BCUT2D eigenvalue weighted by Crippen LogP contribution is 2.29. The predicted octanol–water partition coefficient (Wildman–Crippen LogP) is 2.31. The molecule has 0 amide bonds. The highest BCUT2D eigenvalue weighted by Gasteiger charge is 2.30. The first-order valence-corrected chi connectivity index (χ1v) is 7.56. The van der Waals surface area contributed by atoms with E-state index in [0.717, 1.165) is 18.3 Å². The molecule has 108 valence electrons. The summed E-state index contributed by atoms with van der Waals surface area (Å²) in [6.45, 7) is 6.69. The third kappa shape index (κ3) is 4.22. The van der Waals surface area contributed by atoms with E-state index in [-0.39, 0.29) is 13.2 Å². The summed E-state index contributed by atoms with van der Waals surface area (Å²) < 4.78 is 0. The van der Waals surface area contributed by atoms with Crippen LogP contribution in [0, 0.1) is 11.8 Å². The minimum atomic E-state index is -0.484. The van der Waals surface area contributed by atoms with Crippen molar-refractivity contribution >= 4 is 0 Å². The second kappa shape index (κ2) is 7.46. The van der Waals surface area contributed by atoms with E-state index in [0.29, 0.717) is 6.04 Å². The highest BCUT2D eigenvalue weighted by molar-refractivity contribution is 4.90. The Morgan fingerprint density at radius 3 is 2.28 bits per heavy atom. The molecule has 0 heterocycles. The summed E-state index contributed by atoms with van der Waals surface area (Å²) >= 11 is 0. The predicted molar refractivity (Wildman–Crippen MR) is 75.5 cm³/mol. The molecule has 1 rings (SSSR count). The van der Waals surface area contributed by atoms with E-state index in [1.807, 2.05) is 6.92 Å². The van der Waals surface area contributed by atoms with Crippen LogP contribution in [0.25, 0.3) is 0 Å². The second-order valence-electron chi connectivity index (χ2n) is 6.30. The summed E-state index contributed by atoms with van der Waals surface area (Å²) in [5.74, 6) is 1.62. The van der Waals surface area contributed by atoms with Crippen molar-refractivity contribution in [3.05, 3.63) is 0 Å². The molecular formula is C15H31NO2. The lowest BCUT2D eigenvalue weighted by molar-refractivity contribution is 0.0752. The quantitative estimate of drug-likeness (QED) is 0.640. The van der Waals surface area contributed by atoms with Crippen LogP contribution in [0.15, 0.2) is 0 Å². The molecule has 0 aromatic heterocycles. The van der Waals surface area contributed by atoms with E-state index in [1.54, 1.807) is 0 Å². The van der Waals surface area contributed by atoms with E-state index in [4.69, 9.17) is 0 Å². The van der Waals surface area contributed by atoms with Gasteiger partial charge in [0.15, 0.2) is 0 Å². The highest BCUT2D eigenvalue weighted by atomic mass is 16.3. The van der Waals surface area contributed by atoms with Crippen molar-refractivity contribution in [3.63, 3.8) is 0 Å². The van der Waals surface area contributed by atoms with Crippen molar-refractivity contribution in [1.29, 1.82) is 0 Å². The zero-order chi connectivity index (χ0) is 13.6. The van der Waals surface area contributed by atoms with E-state index < -0.39 is 5.54 Å². The van der Waals surface area contributed by atoms with Crippen LogP contribution in [0.5, 0.6) is 0 Å². The van der Waals surface area contributed by atoms with E-state index in [2.05, 4.69) is 19.2 Å². The first kappa shape index (κ1) is 15.9. The Hall–Kier alpha value is -0.120. The third-order valence-corrected chi connectivity index (χ3v) is 4.75. The van der Waals surface area contributed by atoms with Crippen LogP contribution in [-0.4, -0.2) is 35.0 Å². The van der Waals surface area contributed by atoms with Crippen LogP contribution in [0.1, 0.15) is 59.3 Å².